The van der Waals surface area contributed by atoms with Crippen LogP contribution < -0.4 is 10.5 Å². The molecule has 0 bridgehead atoms. The van der Waals surface area contributed by atoms with Gasteiger partial charge in [0.2, 0.25) is 5.91 Å². The summed E-state index contributed by atoms with van der Waals surface area (Å²) in [6.07, 6.45) is 10.2. The van der Waals surface area contributed by atoms with Crippen molar-refractivity contribution in [2.75, 3.05) is 19.7 Å². The molecule has 1 aliphatic heterocycles. The number of likely N-dealkylation sites (tertiary alicyclic amines) is 1. The monoisotopic (exact) mass is 572 g/mol. The van der Waals surface area contributed by atoms with E-state index in [0.717, 1.165) is 41.0 Å². The number of unbranched alkanes of at least 4 members (excludes halogenated alkanes) is 4. The van der Waals surface area contributed by atoms with Crippen LogP contribution in [0.4, 0.5) is 0 Å². The van der Waals surface area contributed by atoms with Crippen molar-refractivity contribution in [1.82, 2.24) is 14.9 Å². The number of nitrogens with two attached hydrogens (primary N) is 1. The van der Waals surface area contributed by atoms with Crippen molar-refractivity contribution in [3.8, 4) is 28.3 Å². The van der Waals surface area contributed by atoms with E-state index in [0.29, 0.717) is 25.3 Å². The van der Waals surface area contributed by atoms with Crippen LogP contribution in [0.1, 0.15) is 65.4 Å². The molecule has 1 aliphatic rings. The Labute approximate surface area is 249 Å². The minimum Gasteiger partial charge on any atom is -0.494 e. The number of ether oxygens (including phenoxy) is 2. The van der Waals surface area contributed by atoms with Gasteiger partial charge in [0.15, 0.2) is 5.82 Å². The predicted octanol–water partition coefficient (Wildman–Crippen LogP) is 5.83. The smallest absolute Gasteiger partial charge is 0.313 e. The van der Waals surface area contributed by atoms with Crippen molar-refractivity contribution < 1.29 is 19.1 Å². The van der Waals surface area contributed by atoms with Gasteiger partial charge in [-0.15, -0.1) is 0 Å². The molecule has 0 aliphatic carbocycles. The summed E-state index contributed by atoms with van der Waals surface area (Å²) in [5.41, 5.74) is 9.49. The van der Waals surface area contributed by atoms with Gasteiger partial charge >= 0.3 is 5.97 Å². The fourth-order valence-electron chi connectivity index (χ4n) is 4.82. The van der Waals surface area contributed by atoms with Crippen LogP contribution in [0, 0.1) is 5.92 Å². The van der Waals surface area contributed by atoms with Gasteiger partial charge < -0.3 is 20.1 Å². The van der Waals surface area contributed by atoms with Crippen LogP contribution in [0.5, 0.6) is 5.75 Å². The van der Waals surface area contributed by atoms with Crippen molar-refractivity contribution in [3.63, 3.8) is 0 Å². The molecule has 0 radical (unpaired) electrons. The molecule has 42 heavy (non-hydrogen) atoms. The molecule has 2 N–H and O–H groups in total. The molecular weight excluding hydrogens is 528 g/mol. The van der Waals surface area contributed by atoms with Gasteiger partial charge in [0.05, 0.1) is 18.6 Å². The molecule has 0 saturated carbocycles. The van der Waals surface area contributed by atoms with Crippen LogP contribution in [0.25, 0.3) is 22.5 Å². The molecule has 1 fully saturated rings. The van der Waals surface area contributed by atoms with Crippen LogP contribution in [-0.4, -0.2) is 58.1 Å². The van der Waals surface area contributed by atoms with Crippen LogP contribution >= 0.6 is 0 Å². The van der Waals surface area contributed by atoms with Crippen LogP contribution in [0.2, 0.25) is 0 Å². The summed E-state index contributed by atoms with van der Waals surface area (Å²) >= 11 is 0. The number of rotatable bonds is 13. The summed E-state index contributed by atoms with van der Waals surface area (Å²) in [5.74, 6) is 0.803. The molecule has 2 aromatic carbocycles. The third-order valence-corrected chi connectivity index (χ3v) is 7.27. The Morgan fingerprint density at radius 3 is 2.14 bits per heavy atom. The Morgan fingerprint density at radius 2 is 1.52 bits per heavy atom. The highest BCUT2D eigenvalue weighted by Gasteiger charge is 2.39. The first-order chi connectivity index (χ1) is 20.1. The number of hydrogen-bond donors (Lipinski definition) is 1. The van der Waals surface area contributed by atoms with E-state index in [-0.39, 0.29) is 17.8 Å². The third kappa shape index (κ3) is 8.86. The van der Waals surface area contributed by atoms with Gasteiger partial charge in [-0.1, -0.05) is 69.0 Å². The van der Waals surface area contributed by atoms with Crippen molar-refractivity contribution in [3.05, 3.63) is 66.5 Å². The van der Waals surface area contributed by atoms with Gasteiger partial charge in [-0.05, 0) is 56.9 Å². The largest absolute Gasteiger partial charge is 0.494 e. The first-order valence-corrected chi connectivity index (χ1v) is 15.0. The Bertz CT molecular complexity index is 1300. The number of hydrogen-bond acceptors (Lipinski definition) is 7. The van der Waals surface area contributed by atoms with E-state index in [9.17, 15) is 9.59 Å². The average Bonchev–Trinajstić information content (AvgIpc) is 2.94. The van der Waals surface area contributed by atoms with Crippen molar-refractivity contribution in [2.45, 2.75) is 77.9 Å². The number of aromatic nitrogens is 2. The fourth-order valence-corrected chi connectivity index (χ4v) is 4.82. The third-order valence-electron chi connectivity index (χ3n) is 7.27. The lowest BCUT2D eigenvalue weighted by molar-refractivity contribution is -0.168. The second-order valence-electron chi connectivity index (χ2n) is 12.1. The number of benzene rings is 2. The molecular formula is C34H44N4O4. The molecule has 1 atom stereocenters. The van der Waals surface area contributed by atoms with E-state index in [2.05, 4.69) is 16.9 Å². The van der Waals surface area contributed by atoms with Gasteiger partial charge in [0.1, 0.15) is 11.4 Å². The number of amides is 1. The van der Waals surface area contributed by atoms with Crippen molar-refractivity contribution >= 4 is 11.9 Å². The van der Waals surface area contributed by atoms with Gasteiger partial charge in [-0.25, -0.2) is 9.97 Å². The molecule has 8 heteroatoms. The Kier molecular flexibility index (Phi) is 10.7. The predicted molar refractivity (Wildman–Crippen MR) is 165 cm³/mol. The number of carbonyl (C=O) groups excluding carboxylic acids is 2. The topological polar surface area (TPSA) is 108 Å². The number of nitrogens with zero attached hydrogens (tertiary/aromatic N) is 3. The second kappa shape index (κ2) is 14.4. The summed E-state index contributed by atoms with van der Waals surface area (Å²) in [6.45, 7) is 9.18. The van der Waals surface area contributed by atoms with Gasteiger partial charge in [0, 0.05) is 36.6 Å². The molecule has 224 valence electrons. The molecule has 0 spiro atoms. The molecule has 1 saturated heterocycles. The Hall–Kier alpha value is -3.78. The van der Waals surface area contributed by atoms with Gasteiger partial charge in [-0.3, -0.25) is 9.59 Å². The normalized spacial score (nSPS) is 14.3. The van der Waals surface area contributed by atoms with Crippen molar-refractivity contribution in [2.24, 2.45) is 11.7 Å². The fraction of sp³-hybridized carbons (Fsp3) is 0.471. The highest BCUT2D eigenvalue weighted by molar-refractivity contribution is 5.85. The Balaban J connectivity index is 1.24. The Morgan fingerprint density at radius 1 is 0.905 bits per heavy atom. The van der Waals surface area contributed by atoms with E-state index < -0.39 is 11.6 Å². The molecule has 3 aromatic rings. The van der Waals surface area contributed by atoms with E-state index in [4.69, 9.17) is 15.2 Å². The maximum absolute atomic E-state index is 12.8. The average molecular weight is 573 g/mol. The summed E-state index contributed by atoms with van der Waals surface area (Å²) in [6, 6.07) is 15.1. The minimum absolute atomic E-state index is 0.153. The molecule has 1 amide bonds. The molecule has 1 aromatic heterocycles. The van der Waals surface area contributed by atoms with E-state index in [1.54, 1.807) is 4.90 Å². The highest BCUT2D eigenvalue weighted by atomic mass is 16.6. The second-order valence-corrected chi connectivity index (χ2v) is 12.1. The maximum Gasteiger partial charge on any atom is 0.313 e. The van der Waals surface area contributed by atoms with Crippen LogP contribution in [0.3, 0.4) is 0 Å². The van der Waals surface area contributed by atoms with Gasteiger partial charge in [0.25, 0.3) is 0 Å². The summed E-state index contributed by atoms with van der Waals surface area (Å²) < 4.78 is 11.3. The molecule has 2 heterocycles. The lowest BCUT2D eigenvalue weighted by Gasteiger charge is -2.40. The molecule has 8 nitrogen and oxygen atoms in total. The zero-order chi connectivity index (χ0) is 30.1. The van der Waals surface area contributed by atoms with E-state index in [1.165, 1.54) is 25.7 Å². The lowest BCUT2D eigenvalue weighted by atomic mass is 9.97. The molecule has 4 rings (SSSR count). The number of carbonyl (C=O) groups is 2. The first-order valence-electron chi connectivity index (χ1n) is 15.0. The van der Waals surface area contributed by atoms with E-state index in [1.807, 2.05) is 81.7 Å². The lowest BCUT2D eigenvalue weighted by Crippen LogP contribution is -2.58. The minimum atomic E-state index is -0.673. The zero-order valence-electron chi connectivity index (χ0n) is 25.3. The highest BCUT2D eigenvalue weighted by Crippen LogP contribution is 2.25. The van der Waals surface area contributed by atoms with Crippen LogP contribution in [0.15, 0.2) is 60.9 Å². The maximum atomic E-state index is 12.8. The zero-order valence-corrected chi connectivity index (χ0v) is 25.3. The summed E-state index contributed by atoms with van der Waals surface area (Å²) in [7, 11) is 0. The first kappa shape index (κ1) is 31.2. The van der Waals surface area contributed by atoms with E-state index >= 15 is 0 Å². The molecule has 0 unspecified atom stereocenters. The van der Waals surface area contributed by atoms with Gasteiger partial charge in [-0.2, -0.15) is 0 Å². The quantitative estimate of drug-likeness (QED) is 0.203. The summed E-state index contributed by atoms with van der Waals surface area (Å²) in [5, 5.41) is 0. The number of esters is 1. The van der Waals surface area contributed by atoms with Crippen molar-refractivity contribution in [1.29, 1.82) is 0 Å². The standard InChI is InChI=1S/C34H44N4O4/c1-5-6-7-8-9-18-41-29-16-14-25(15-17-29)27-20-36-31(37-21-27)26-12-10-24(11-13-26)19-30(35)32(39)38-22-28(23-38)33(40)42-34(2,3)4/h10-17,20-21,28,30H,5-9,18-19,22-23,35H2,1-4H3/t30-/m0/s1. The SMILES string of the molecule is CCCCCCCOc1ccc(-c2cnc(-c3ccc(C[C@H](N)C(=O)N4CC(C(=O)OC(C)(C)C)C4)cc3)nc2)cc1. The van der Waals surface area contributed by atoms with Crippen LogP contribution in [-0.2, 0) is 20.7 Å². The summed E-state index contributed by atoms with van der Waals surface area (Å²) in [4.78, 5) is 35.7.